The third-order valence-electron chi connectivity index (χ3n) is 16.5. The predicted molar refractivity (Wildman–Crippen MR) is 294 cm³/mol. The van der Waals surface area contributed by atoms with Crippen molar-refractivity contribution in [1.82, 2.24) is 19.6 Å². The van der Waals surface area contributed by atoms with Gasteiger partial charge in [-0.1, -0.05) is 6.92 Å². The number of unbranched alkanes of at least 4 members (excludes halogenated alkanes) is 1. The molecule has 0 saturated carbocycles. The van der Waals surface area contributed by atoms with Crippen molar-refractivity contribution in [1.29, 1.82) is 0 Å². The maximum atomic E-state index is 13.2. The zero-order chi connectivity index (χ0) is 58.6. The topological polar surface area (TPSA) is 293 Å². The summed E-state index contributed by atoms with van der Waals surface area (Å²) in [5.41, 5.74) is -0.452. The number of carbonyl (C=O) groups is 2. The summed E-state index contributed by atoms with van der Waals surface area (Å²) in [6.07, 6.45) is 5.38. The molecule has 15 aliphatic rings. The lowest BCUT2D eigenvalue weighted by Gasteiger charge is -2.32. The SMILES string of the molecule is C(CCOCC1CO1)COCC1CO1.C(OCC(COCC1CO1)(COCC1CO1)COCC1CO1)C1CO1.CCC(COCC1CO1)(COCC1CO1)COCC1CO1.O=C1N(CC2CO2)C2C(N1CC1CO1)N(CC1CO1)C(=O)N2CC1CO1. The third kappa shape index (κ3) is 23.1. The van der Waals surface area contributed by atoms with Gasteiger partial charge in [0.25, 0.3) is 0 Å². The van der Waals surface area contributed by atoms with Gasteiger partial charge in [0.1, 0.15) is 67.3 Å². The van der Waals surface area contributed by atoms with E-state index < -0.39 is 0 Å². The maximum absolute atomic E-state index is 13.2. The van der Waals surface area contributed by atoms with Crippen molar-refractivity contribution in [2.75, 3.05) is 231 Å². The van der Waals surface area contributed by atoms with Gasteiger partial charge in [-0.3, -0.25) is 19.6 Å². The van der Waals surface area contributed by atoms with E-state index in [-0.39, 0.29) is 84.1 Å². The van der Waals surface area contributed by atoms with E-state index in [1.54, 1.807) is 19.6 Å². The van der Waals surface area contributed by atoms with Crippen LogP contribution in [0.5, 0.6) is 0 Å². The average molecular weight is 1230 g/mol. The van der Waals surface area contributed by atoms with E-state index in [9.17, 15) is 9.59 Å². The predicted octanol–water partition coefficient (Wildman–Crippen LogP) is -0.430. The Morgan fingerprint density at radius 2 is 0.488 bits per heavy atom. The van der Waals surface area contributed by atoms with E-state index in [0.717, 1.165) is 105 Å². The zero-order valence-electron chi connectivity index (χ0n) is 50.1. The molecule has 0 radical (unpaired) electrons. The van der Waals surface area contributed by atoms with Gasteiger partial charge in [0.2, 0.25) is 0 Å². The lowest BCUT2D eigenvalue weighted by molar-refractivity contribution is -0.111. The second-order valence-corrected chi connectivity index (χ2v) is 25.2. The summed E-state index contributed by atoms with van der Waals surface area (Å²) in [5.74, 6) is 0. The fourth-order valence-corrected chi connectivity index (χ4v) is 9.92. The highest BCUT2D eigenvalue weighted by Gasteiger charge is 2.61. The van der Waals surface area contributed by atoms with E-state index in [0.29, 0.717) is 176 Å². The Kier molecular flexibility index (Phi) is 23.2. The van der Waals surface area contributed by atoms with Gasteiger partial charge < -0.3 is 104 Å². The van der Waals surface area contributed by atoms with Crippen LogP contribution in [0.1, 0.15) is 26.2 Å². The van der Waals surface area contributed by atoms with Gasteiger partial charge in [-0.15, -0.1) is 0 Å². The van der Waals surface area contributed by atoms with E-state index in [1.165, 1.54) is 0 Å². The second kappa shape index (κ2) is 31.3. The Balaban J connectivity index is 0.000000115. The van der Waals surface area contributed by atoms with Crippen molar-refractivity contribution in [2.24, 2.45) is 10.8 Å². The number of ether oxygens (including phenoxy) is 22. The molecule has 28 nitrogen and oxygen atoms in total. The number of hydrogen-bond donors (Lipinski definition) is 0. The van der Waals surface area contributed by atoms with Crippen molar-refractivity contribution in [3.8, 4) is 0 Å². The number of hydrogen-bond acceptors (Lipinski definition) is 24. The summed E-state index contributed by atoms with van der Waals surface area (Å²) in [4.78, 5) is 33.5. The molecule has 0 aliphatic carbocycles. The Labute approximate surface area is 503 Å². The van der Waals surface area contributed by atoms with E-state index >= 15 is 0 Å². The van der Waals surface area contributed by atoms with Gasteiger partial charge in [-0.2, -0.15) is 0 Å². The summed E-state index contributed by atoms with van der Waals surface area (Å²) >= 11 is 0. The molecule has 15 saturated heterocycles. The van der Waals surface area contributed by atoms with Crippen LogP contribution in [0.15, 0.2) is 0 Å². The first-order valence-electron chi connectivity index (χ1n) is 31.6. The summed E-state index contributed by atoms with van der Waals surface area (Å²) in [7, 11) is 0. The molecule has 86 heavy (non-hydrogen) atoms. The van der Waals surface area contributed by atoms with Crippen LogP contribution in [0.3, 0.4) is 0 Å². The first kappa shape index (κ1) is 63.8. The quantitative estimate of drug-likeness (QED) is 0.0552. The summed E-state index contributed by atoms with van der Waals surface area (Å²) in [6.45, 7) is 25.8. The van der Waals surface area contributed by atoms with Crippen molar-refractivity contribution < 1.29 is 114 Å². The summed E-state index contributed by atoms with van der Waals surface area (Å²) in [6, 6.07) is -0.0798. The lowest BCUT2D eigenvalue weighted by atomic mass is 9.88. The van der Waals surface area contributed by atoms with E-state index in [2.05, 4.69) is 6.92 Å². The molecular weight excluding hydrogens is 1140 g/mol. The molecule has 15 aliphatic heterocycles. The van der Waals surface area contributed by atoms with Gasteiger partial charge in [0.05, 0.1) is 248 Å². The van der Waals surface area contributed by atoms with E-state index in [1.807, 2.05) is 0 Å². The number of nitrogens with zero attached hydrogens (tertiary/aromatic N) is 4. The Morgan fingerprint density at radius 3 is 0.674 bits per heavy atom. The molecule has 0 bridgehead atoms. The highest BCUT2D eigenvalue weighted by molar-refractivity contribution is 5.85. The van der Waals surface area contributed by atoms with Gasteiger partial charge in [0, 0.05) is 18.6 Å². The van der Waals surface area contributed by atoms with Gasteiger partial charge in [0.15, 0.2) is 0 Å². The average Bonchev–Trinajstić information content (AvgIpc) is 1.75. The van der Waals surface area contributed by atoms with Gasteiger partial charge in [-0.05, 0) is 19.3 Å². The fraction of sp³-hybridized carbons (Fsp3) is 0.966. The summed E-state index contributed by atoms with van der Waals surface area (Å²) in [5, 5.41) is 0. The zero-order valence-corrected chi connectivity index (χ0v) is 50.1. The number of urea groups is 2. The van der Waals surface area contributed by atoms with Crippen LogP contribution in [-0.2, 0) is 104 Å². The first-order valence-corrected chi connectivity index (χ1v) is 31.6. The van der Waals surface area contributed by atoms with Gasteiger partial charge >= 0.3 is 12.1 Å². The number of rotatable bonds is 46. The van der Waals surface area contributed by atoms with E-state index in [4.69, 9.17) is 104 Å². The molecule has 490 valence electrons. The lowest BCUT2D eigenvalue weighted by Crippen LogP contribution is -2.49. The minimum absolute atomic E-state index is 0.0399. The molecule has 4 amide bonds. The van der Waals surface area contributed by atoms with Crippen LogP contribution in [0.4, 0.5) is 9.59 Å². The van der Waals surface area contributed by atoms with Gasteiger partial charge in [-0.25, -0.2) is 9.59 Å². The molecule has 28 heteroatoms. The minimum atomic E-state index is -0.354. The van der Waals surface area contributed by atoms with Crippen LogP contribution < -0.4 is 0 Å². The third-order valence-corrected chi connectivity index (χ3v) is 16.5. The van der Waals surface area contributed by atoms with Crippen LogP contribution in [0.25, 0.3) is 0 Å². The second-order valence-electron chi connectivity index (χ2n) is 25.2. The highest BCUT2D eigenvalue weighted by Crippen LogP contribution is 2.39. The smallest absolute Gasteiger partial charge is 0.323 e. The van der Waals surface area contributed by atoms with Crippen molar-refractivity contribution in [2.45, 2.75) is 118 Å². The highest BCUT2D eigenvalue weighted by atomic mass is 16.6. The normalized spacial score (nSPS) is 35.7. The van der Waals surface area contributed by atoms with Crippen LogP contribution >= 0.6 is 0 Å². The molecule has 13 atom stereocenters. The molecular formula is C58H94N4O24. The number of fused-ring (bicyclic) bond motifs is 1. The molecule has 15 fully saturated rings. The molecule has 0 N–H and O–H groups in total. The molecule has 0 aromatic carbocycles. The molecule has 15 rings (SSSR count). The first-order chi connectivity index (χ1) is 42.2. The fourth-order valence-electron chi connectivity index (χ4n) is 9.92. The maximum Gasteiger partial charge on any atom is 0.323 e. The largest absolute Gasteiger partial charge is 0.379 e. The van der Waals surface area contributed by atoms with Crippen molar-refractivity contribution >= 4 is 12.1 Å². The van der Waals surface area contributed by atoms with Crippen molar-refractivity contribution in [3.63, 3.8) is 0 Å². The summed E-state index contributed by atoms with van der Waals surface area (Å²) < 4.78 is 120. The molecule has 0 spiro atoms. The minimum Gasteiger partial charge on any atom is -0.379 e. The molecule has 0 aromatic heterocycles. The monoisotopic (exact) mass is 1230 g/mol. The Bertz CT molecular complexity index is 1800. The Hall–Kier alpha value is -2.34. The Morgan fingerprint density at radius 1 is 0.302 bits per heavy atom. The van der Waals surface area contributed by atoms with Crippen molar-refractivity contribution in [3.05, 3.63) is 0 Å². The van der Waals surface area contributed by atoms with Crippen LogP contribution in [0.2, 0.25) is 0 Å². The number of amides is 4. The van der Waals surface area contributed by atoms with Crippen LogP contribution in [0, 0.1) is 10.8 Å². The number of carbonyl (C=O) groups excluding carboxylic acids is 2. The molecule has 0 aromatic rings. The molecule has 13 unspecified atom stereocenters. The molecule has 15 heterocycles. The standard InChI is InChI=1S/C17H28O8.C16H22N4O6.C15H26O6.C10H18O4/c1(13-5-22-13)18-9-17(10-19-2-14-6-23-14,11-20-3-15-7-24-15)12-21-4-16-8-25-16;21-15-17(1-9-5-23-9)13-14(19(15)3-11-7-25-11)20(4-12-8-26-12)16(22)18(13)2-10-6-24-10;1-2-15(9-16-3-12-6-19-12,10-17-4-13-7-20-13)11-18-5-14-8-21-14;1(3-11-5-9-7-13-9)2-4-12-6-10-8-14-10/h13-16H,1-12H2;9-14H,1-8H2;12-14H,2-11H2,1H3;9-10H,1-8H2. The number of epoxide rings is 13. The van der Waals surface area contributed by atoms with Crippen LogP contribution in [-0.4, -0.2) is 354 Å².